The van der Waals surface area contributed by atoms with Crippen LogP contribution in [0.2, 0.25) is 0 Å². The minimum atomic E-state index is -3.61. The molecule has 0 radical (unpaired) electrons. The maximum atomic E-state index is 12.1. The number of anilines is 1. The molecule has 0 bridgehead atoms. The molecule has 1 aromatic carbocycles. The van der Waals surface area contributed by atoms with Crippen LogP contribution in [0, 0.1) is 0 Å². The van der Waals surface area contributed by atoms with E-state index in [-0.39, 0.29) is 11.4 Å². The molecule has 0 atom stereocenters. The Hall–Kier alpha value is -1.53. The van der Waals surface area contributed by atoms with Crippen molar-refractivity contribution in [3.63, 3.8) is 0 Å². The van der Waals surface area contributed by atoms with E-state index in [2.05, 4.69) is 11.3 Å². The van der Waals surface area contributed by atoms with Crippen LogP contribution in [0.25, 0.3) is 0 Å². The largest absolute Gasteiger partial charge is 0.492 e. The molecule has 0 fully saturated rings. The molecule has 0 spiro atoms. The van der Waals surface area contributed by atoms with Crippen molar-refractivity contribution in [2.75, 3.05) is 18.9 Å². The summed E-state index contributed by atoms with van der Waals surface area (Å²) in [6.07, 6.45) is 3.14. The van der Waals surface area contributed by atoms with E-state index in [4.69, 9.17) is 10.5 Å². The summed E-state index contributed by atoms with van der Waals surface area (Å²) in [4.78, 5) is 0.110. The Morgan fingerprint density at radius 1 is 1.50 bits per heavy atom. The lowest BCUT2D eigenvalue weighted by molar-refractivity contribution is 0.280. The fourth-order valence-corrected chi connectivity index (χ4v) is 3.13. The van der Waals surface area contributed by atoms with Crippen molar-refractivity contribution in [1.29, 1.82) is 0 Å². The number of hydrogen-bond acceptors (Lipinski definition) is 4. The Kier molecular flexibility index (Phi) is 3.58. The molecule has 1 aliphatic heterocycles. The van der Waals surface area contributed by atoms with Crippen molar-refractivity contribution in [2.24, 2.45) is 0 Å². The third kappa shape index (κ3) is 2.49. The summed E-state index contributed by atoms with van der Waals surface area (Å²) in [6, 6.07) is 3.19. The van der Waals surface area contributed by atoms with Crippen LogP contribution in [-0.2, 0) is 16.4 Å². The van der Waals surface area contributed by atoms with Gasteiger partial charge >= 0.3 is 0 Å². The first-order valence-corrected chi connectivity index (χ1v) is 7.18. The number of benzene rings is 1. The van der Waals surface area contributed by atoms with Gasteiger partial charge in [0.25, 0.3) is 0 Å². The molecule has 6 heteroatoms. The van der Waals surface area contributed by atoms with Gasteiger partial charge in [0.05, 0.1) is 6.61 Å². The molecule has 1 heterocycles. The van der Waals surface area contributed by atoms with Crippen molar-refractivity contribution >= 4 is 15.7 Å². The van der Waals surface area contributed by atoms with Crippen molar-refractivity contribution in [3.05, 3.63) is 30.4 Å². The van der Waals surface area contributed by atoms with E-state index < -0.39 is 10.0 Å². The number of nitrogens with two attached hydrogens (primary N) is 1. The molecule has 0 unspecified atom stereocenters. The van der Waals surface area contributed by atoms with Gasteiger partial charge < -0.3 is 10.5 Å². The molecular formula is C12H16N2O3S. The second-order valence-corrected chi connectivity index (χ2v) is 5.84. The van der Waals surface area contributed by atoms with E-state index in [1.165, 1.54) is 12.1 Å². The standard InChI is InChI=1S/C12H16N2O3S/c1-2-5-14-18(15,16)11-8-10(13)7-9-4-3-6-17-12(9)11/h2,7-8,14H,1,3-6,13H2. The number of rotatable bonds is 4. The molecule has 0 aliphatic carbocycles. The van der Waals surface area contributed by atoms with Gasteiger partial charge in [-0.2, -0.15) is 0 Å². The molecule has 98 valence electrons. The predicted octanol–water partition coefficient (Wildman–Crippen LogP) is 1.06. The minimum absolute atomic E-state index is 0.110. The van der Waals surface area contributed by atoms with Crippen LogP contribution in [0.1, 0.15) is 12.0 Å². The smallest absolute Gasteiger partial charge is 0.244 e. The number of fused-ring (bicyclic) bond motifs is 1. The number of nitrogen functional groups attached to an aromatic ring is 1. The third-order valence-electron chi connectivity index (χ3n) is 2.70. The highest BCUT2D eigenvalue weighted by Crippen LogP contribution is 2.34. The van der Waals surface area contributed by atoms with Gasteiger partial charge in [-0.15, -0.1) is 6.58 Å². The Morgan fingerprint density at radius 2 is 2.28 bits per heavy atom. The highest BCUT2D eigenvalue weighted by Gasteiger charge is 2.24. The summed E-state index contributed by atoms with van der Waals surface area (Å²) >= 11 is 0. The summed E-state index contributed by atoms with van der Waals surface area (Å²) < 4.78 is 32.1. The fraction of sp³-hybridized carbons (Fsp3) is 0.333. The molecule has 0 amide bonds. The van der Waals surface area contributed by atoms with Gasteiger partial charge in [0, 0.05) is 12.2 Å². The van der Waals surface area contributed by atoms with E-state index in [1.807, 2.05) is 0 Å². The van der Waals surface area contributed by atoms with Crippen LogP contribution in [-0.4, -0.2) is 21.6 Å². The van der Waals surface area contributed by atoms with E-state index in [1.54, 1.807) is 6.07 Å². The van der Waals surface area contributed by atoms with Crippen LogP contribution >= 0.6 is 0 Å². The van der Waals surface area contributed by atoms with Crippen molar-refractivity contribution < 1.29 is 13.2 Å². The normalized spacial score (nSPS) is 14.7. The molecule has 18 heavy (non-hydrogen) atoms. The zero-order chi connectivity index (χ0) is 13.2. The van der Waals surface area contributed by atoms with Crippen LogP contribution < -0.4 is 15.2 Å². The first kappa shape index (κ1) is 12.9. The Balaban J connectivity index is 2.49. The second-order valence-electron chi connectivity index (χ2n) is 4.10. The van der Waals surface area contributed by atoms with Gasteiger partial charge in [-0.05, 0) is 30.5 Å². The summed E-state index contributed by atoms with van der Waals surface area (Å²) in [5.41, 5.74) is 7.02. The second kappa shape index (κ2) is 4.99. The Labute approximate surface area is 107 Å². The first-order valence-electron chi connectivity index (χ1n) is 5.70. The van der Waals surface area contributed by atoms with Crippen molar-refractivity contribution in [1.82, 2.24) is 4.72 Å². The van der Waals surface area contributed by atoms with E-state index in [0.29, 0.717) is 18.0 Å². The first-order chi connectivity index (χ1) is 8.54. The summed E-state index contributed by atoms with van der Waals surface area (Å²) in [5.74, 6) is 0.423. The maximum absolute atomic E-state index is 12.1. The van der Waals surface area contributed by atoms with Gasteiger partial charge in [0.2, 0.25) is 10.0 Å². The Morgan fingerprint density at radius 3 is 3.00 bits per heavy atom. The SMILES string of the molecule is C=CCNS(=O)(=O)c1cc(N)cc2c1OCCC2. The summed E-state index contributed by atoms with van der Waals surface area (Å²) in [5, 5.41) is 0. The molecule has 0 aromatic heterocycles. The molecule has 5 nitrogen and oxygen atoms in total. The van der Waals surface area contributed by atoms with Crippen LogP contribution in [0.4, 0.5) is 5.69 Å². The summed E-state index contributed by atoms with van der Waals surface area (Å²) in [6.45, 7) is 4.18. The molecule has 1 aliphatic rings. The van der Waals surface area contributed by atoms with Crippen LogP contribution in [0.5, 0.6) is 5.75 Å². The highest BCUT2D eigenvalue weighted by atomic mass is 32.2. The number of hydrogen-bond donors (Lipinski definition) is 2. The number of sulfonamides is 1. The van der Waals surface area contributed by atoms with Crippen molar-refractivity contribution in [3.8, 4) is 5.75 Å². The predicted molar refractivity (Wildman–Crippen MR) is 70.1 cm³/mol. The fourth-order valence-electron chi connectivity index (χ4n) is 1.92. The molecular weight excluding hydrogens is 252 g/mol. The molecule has 1 aromatic rings. The van der Waals surface area contributed by atoms with E-state index >= 15 is 0 Å². The van der Waals surface area contributed by atoms with Gasteiger partial charge in [-0.3, -0.25) is 0 Å². The van der Waals surface area contributed by atoms with Crippen LogP contribution in [0.15, 0.2) is 29.7 Å². The molecule has 2 rings (SSSR count). The lowest BCUT2D eigenvalue weighted by Crippen LogP contribution is -2.25. The highest BCUT2D eigenvalue weighted by molar-refractivity contribution is 7.89. The topological polar surface area (TPSA) is 81.4 Å². The van der Waals surface area contributed by atoms with E-state index in [9.17, 15) is 8.42 Å². The van der Waals surface area contributed by atoms with Crippen LogP contribution in [0.3, 0.4) is 0 Å². The van der Waals surface area contributed by atoms with Gasteiger partial charge in [-0.25, -0.2) is 13.1 Å². The quantitative estimate of drug-likeness (QED) is 0.632. The van der Waals surface area contributed by atoms with Gasteiger partial charge in [0.1, 0.15) is 10.6 Å². The van der Waals surface area contributed by atoms with E-state index in [0.717, 1.165) is 18.4 Å². The lowest BCUT2D eigenvalue weighted by atomic mass is 10.1. The monoisotopic (exact) mass is 268 g/mol. The molecule has 0 saturated carbocycles. The van der Waals surface area contributed by atoms with Gasteiger partial charge in [0.15, 0.2) is 0 Å². The lowest BCUT2D eigenvalue weighted by Gasteiger charge is -2.21. The zero-order valence-corrected chi connectivity index (χ0v) is 10.8. The van der Waals surface area contributed by atoms with Gasteiger partial charge in [-0.1, -0.05) is 6.08 Å². The molecule has 3 N–H and O–H groups in total. The summed E-state index contributed by atoms with van der Waals surface area (Å²) in [7, 11) is -3.61. The number of ether oxygens (including phenoxy) is 1. The number of aryl methyl sites for hydroxylation is 1. The average molecular weight is 268 g/mol. The zero-order valence-electron chi connectivity index (χ0n) is 9.98. The minimum Gasteiger partial charge on any atom is -0.492 e. The third-order valence-corrected chi connectivity index (χ3v) is 4.13. The number of nitrogens with one attached hydrogen (secondary N) is 1. The average Bonchev–Trinajstić information content (AvgIpc) is 2.35. The van der Waals surface area contributed by atoms with Crippen molar-refractivity contribution in [2.45, 2.75) is 17.7 Å². The maximum Gasteiger partial charge on any atom is 0.244 e. The molecule has 0 saturated heterocycles. The Bertz CT molecular complexity index is 567.